The Hall–Kier alpha value is -1.06. The molecule has 1 atom stereocenters. The minimum atomic E-state index is -1.13. The highest BCUT2D eigenvalue weighted by Gasteiger charge is 2.16. The molecule has 4 heteroatoms. The summed E-state index contributed by atoms with van der Waals surface area (Å²) in [7, 11) is 0. The molecule has 0 aliphatic carbocycles. The highest BCUT2D eigenvalue weighted by Crippen LogP contribution is 2.16. The second kappa shape index (κ2) is 5.87. The summed E-state index contributed by atoms with van der Waals surface area (Å²) in [6.07, 6.45) is -1.13. The van der Waals surface area contributed by atoms with Gasteiger partial charge in [0.1, 0.15) is 0 Å². The summed E-state index contributed by atoms with van der Waals surface area (Å²) in [6, 6.07) is 6.58. The maximum Gasteiger partial charge on any atom is 0.253 e. The summed E-state index contributed by atoms with van der Waals surface area (Å²) in [5.74, 6) is -0.0163. The summed E-state index contributed by atoms with van der Waals surface area (Å²) in [5, 5.41) is 13.0. The summed E-state index contributed by atoms with van der Waals surface area (Å²) in [4.78, 5) is 11.5. The van der Waals surface area contributed by atoms with Crippen molar-refractivity contribution in [1.82, 2.24) is 5.32 Å². The van der Waals surface area contributed by atoms with Crippen molar-refractivity contribution in [2.45, 2.75) is 20.0 Å². The van der Waals surface area contributed by atoms with E-state index in [1.165, 1.54) is 0 Å². The van der Waals surface area contributed by atoms with Crippen LogP contribution in [0.1, 0.15) is 25.5 Å². The minimum Gasteiger partial charge on any atom is -0.378 e. The van der Waals surface area contributed by atoms with E-state index in [1.54, 1.807) is 24.3 Å². The molecule has 0 aromatic heterocycles. The van der Waals surface area contributed by atoms with Gasteiger partial charge in [0.25, 0.3) is 5.91 Å². The number of carbonyl (C=O) groups is 1. The zero-order chi connectivity index (χ0) is 12.1. The molecule has 0 fully saturated rings. The second-order valence-corrected chi connectivity index (χ2v) is 4.53. The molecule has 1 aromatic carbocycles. The number of benzene rings is 1. The monoisotopic (exact) mass is 241 g/mol. The summed E-state index contributed by atoms with van der Waals surface area (Å²) >= 11 is 5.72. The first-order valence-electron chi connectivity index (χ1n) is 5.22. The third-order valence-electron chi connectivity index (χ3n) is 2.12. The van der Waals surface area contributed by atoms with E-state index in [-0.39, 0.29) is 5.91 Å². The van der Waals surface area contributed by atoms with Gasteiger partial charge in [0, 0.05) is 11.6 Å². The van der Waals surface area contributed by atoms with Gasteiger partial charge in [-0.2, -0.15) is 0 Å². The van der Waals surface area contributed by atoms with Crippen LogP contribution in [0, 0.1) is 5.92 Å². The van der Waals surface area contributed by atoms with Gasteiger partial charge in [0.15, 0.2) is 6.10 Å². The van der Waals surface area contributed by atoms with Crippen molar-refractivity contribution in [3.63, 3.8) is 0 Å². The van der Waals surface area contributed by atoms with Crippen molar-refractivity contribution in [3.05, 3.63) is 34.9 Å². The van der Waals surface area contributed by atoms with Gasteiger partial charge >= 0.3 is 0 Å². The lowest BCUT2D eigenvalue weighted by atomic mass is 10.1. The maximum atomic E-state index is 11.5. The molecule has 0 saturated carbocycles. The average Bonchev–Trinajstić information content (AvgIpc) is 2.26. The van der Waals surface area contributed by atoms with Crippen LogP contribution in [-0.4, -0.2) is 17.6 Å². The Morgan fingerprint density at radius 3 is 2.44 bits per heavy atom. The first-order chi connectivity index (χ1) is 7.50. The Bertz CT molecular complexity index is 349. The van der Waals surface area contributed by atoms with Crippen LogP contribution in [0.4, 0.5) is 0 Å². The number of aliphatic hydroxyl groups is 1. The highest BCUT2D eigenvalue weighted by molar-refractivity contribution is 6.30. The predicted octanol–water partition coefficient (Wildman–Crippen LogP) is 2.15. The molecule has 3 nitrogen and oxygen atoms in total. The molecule has 2 N–H and O–H groups in total. The Morgan fingerprint density at radius 1 is 1.38 bits per heavy atom. The fraction of sp³-hybridized carbons (Fsp3) is 0.417. The normalized spacial score (nSPS) is 12.6. The predicted molar refractivity (Wildman–Crippen MR) is 64.3 cm³/mol. The molecule has 0 saturated heterocycles. The SMILES string of the molecule is CC(C)CNC(=O)C(O)c1ccc(Cl)cc1. The topological polar surface area (TPSA) is 49.3 Å². The quantitative estimate of drug-likeness (QED) is 0.849. The lowest BCUT2D eigenvalue weighted by molar-refractivity contribution is -0.129. The molecular weight excluding hydrogens is 226 g/mol. The van der Waals surface area contributed by atoms with E-state index in [4.69, 9.17) is 11.6 Å². The maximum absolute atomic E-state index is 11.5. The molecular formula is C12H16ClNO2. The second-order valence-electron chi connectivity index (χ2n) is 4.09. The van der Waals surface area contributed by atoms with Crippen molar-refractivity contribution in [2.24, 2.45) is 5.92 Å². The Kier molecular flexibility index (Phi) is 4.77. The number of hydrogen-bond acceptors (Lipinski definition) is 2. The van der Waals surface area contributed by atoms with Crippen LogP contribution in [-0.2, 0) is 4.79 Å². The van der Waals surface area contributed by atoms with Crippen molar-refractivity contribution < 1.29 is 9.90 Å². The third kappa shape index (κ3) is 3.83. The van der Waals surface area contributed by atoms with Gasteiger partial charge in [-0.25, -0.2) is 0 Å². The summed E-state index contributed by atoms with van der Waals surface area (Å²) < 4.78 is 0. The molecule has 88 valence electrons. The molecule has 0 radical (unpaired) electrons. The molecule has 16 heavy (non-hydrogen) atoms. The lowest BCUT2D eigenvalue weighted by Gasteiger charge is -2.13. The minimum absolute atomic E-state index is 0.362. The summed E-state index contributed by atoms with van der Waals surface area (Å²) in [6.45, 7) is 4.55. The Morgan fingerprint density at radius 2 is 1.94 bits per heavy atom. The van der Waals surface area contributed by atoms with Gasteiger partial charge in [0.05, 0.1) is 0 Å². The van der Waals surface area contributed by atoms with Gasteiger partial charge < -0.3 is 10.4 Å². The fourth-order valence-electron chi connectivity index (χ4n) is 1.20. The van der Waals surface area contributed by atoms with Gasteiger partial charge in [-0.3, -0.25) is 4.79 Å². The Labute approximate surface area is 100 Å². The number of hydrogen-bond donors (Lipinski definition) is 2. The van der Waals surface area contributed by atoms with Crippen molar-refractivity contribution in [1.29, 1.82) is 0 Å². The largest absolute Gasteiger partial charge is 0.378 e. The van der Waals surface area contributed by atoms with E-state index in [9.17, 15) is 9.90 Å². The zero-order valence-electron chi connectivity index (χ0n) is 9.40. The summed E-state index contributed by atoms with van der Waals surface area (Å²) in [5.41, 5.74) is 0.547. The highest BCUT2D eigenvalue weighted by atomic mass is 35.5. The van der Waals surface area contributed by atoms with E-state index in [0.717, 1.165) is 0 Å². The van der Waals surface area contributed by atoms with Gasteiger partial charge in [-0.1, -0.05) is 37.6 Å². The number of halogens is 1. The van der Waals surface area contributed by atoms with Crippen LogP contribution >= 0.6 is 11.6 Å². The first-order valence-corrected chi connectivity index (χ1v) is 5.59. The molecule has 0 aliphatic rings. The number of aliphatic hydroxyl groups excluding tert-OH is 1. The number of rotatable bonds is 4. The van der Waals surface area contributed by atoms with Crippen LogP contribution in [0.5, 0.6) is 0 Å². The van der Waals surface area contributed by atoms with Crippen molar-refractivity contribution >= 4 is 17.5 Å². The standard InChI is InChI=1S/C12H16ClNO2/c1-8(2)7-14-12(16)11(15)9-3-5-10(13)6-4-9/h3-6,8,11,15H,7H2,1-2H3,(H,14,16). The molecule has 1 rings (SSSR count). The molecule has 1 aromatic rings. The van der Waals surface area contributed by atoms with E-state index < -0.39 is 6.10 Å². The molecule has 0 heterocycles. The lowest BCUT2D eigenvalue weighted by Crippen LogP contribution is -2.32. The molecule has 1 amide bonds. The van der Waals surface area contributed by atoms with Crippen molar-refractivity contribution in [2.75, 3.05) is 6.54 Å². The molecule has 0 aliphatic heterocycles. The van der Waals surface area contributed by atoms with E-state index in [2.05, 4.69) is 5.32 Å². The number of nitrogens with one attached hydrogen (secondary N) is 1. The van der Waals surface area contributed by atoms with Gasteiger partial charge in [-0.05, 0) is 23.6 Å². The number of amides is 1. The molecule has 0 spiro atoms. The number of carbonyl (C=O) groups excluding carboxylic acids is 1. The van der Waals surface area contributed by atoms with E-state index in [1.807, 2.05) is 13.8 Å². The van der Waals surface area contributed by atoms with E-state index in [0.29, 0.717) is 23.0 Å². The van der Waals surface area contributed by atoms with Gasteiger partial charge in [-0.15, -0.1) is 0 Å². The van der Waals surface area contributed by atoms with Crippen LogP contribution in [0.3, 0.4) is 0 Å². The molecule has 0 bridgehead atoms. The zero-order valence-corrected chi connectivity index (χ0v) is 10.2. The van der Waals surface area contributed by atoms with E-state index >= 15 is 0 Å². The van der Waals surface area contributed by atoms with Gasteiger partial charge in [0.2, 0.25) is 0 Å². The van der Waals surface area contributed by atoms with Crippen LogP contribution in [0.15, 0.2) is 24.3 Å². The molecule has 1 unspecified atom stereocenters. The van der Waals surface area contributed by atoms with Crippen LogP contribution < -0.4 is 5.32 Å². The first kappa shape index (κ1) is 13.0. The van der Waals surface area contributed by atoms with Crippen LogP contribution in [0.25, 0.3) is 0 Å². The van der Waals surface area contributed by atoms with Crippen molar-refractivity contribution in [3.8, 4) is 0 Å². The third-order valence-corrected chi connectivity index (χ3v) is 2.37. The fourth-order valence-corrected chi connectivity index (χ4v) is 1.32. The smallest absolute Gasteiger partial charge is 0.253 e. The Balaban J connectivity index is 2.59. The van der Waals surface area contributed by atoms with Crippen LogP contribution in [0.2, 0.25) is 5.02 Å². The average molecular weight is 242 g/mol.